The summed E-state index contributed by atoms with van der Waals surface area (Å²) in [6.45, 7) is 1.60. The first kappa shape index (κ1) is 17.1. The van der Waals surface area contributed by atoms with Gasteiger partial charge in [0.05, 0.1) is 10.8 Å². The van der Waals surface area contributed by atoms with E-state index in [1.165, 1.54) is 16.8 Å². The van der Waals surface area contributed by atoms with Gasteiger partial charge in [0.25, 0.3) is 0 Å². The van der Waals surface area contributed by atoms with Gasteiger partial charge in [0, 0.05) is 12.7 Å². The molecule has 0 aliphatic rings. The van der Waals surface area contributed by atoms with Crippen LogP contribution in [0, 0.1) is 0 Å². The van der Waals surface area contributed by atoms with Gasteiger partial charge in [-0.1, -0.05) is 11.8 Å². The molecule has 0 aliphatic heterocycles. The number of thioether (sulfide) groups is 1. The number of amides is 1. The Balaban J connectivity index is 2.01. The average Bonchev–Trinajstić information content (AvgIpc) is 2.76. The third kappa shape index (κ3) is 4.38. The predicted molar refractivity (Wildman–Crippen MR) is 79.2 cm³/mol. The fourth-order valence-corrected chi connectivity index (χ4v) is 2.50. The molecule has 1 heterocycles. The van der Waals surface area contributed by atoms with Crippen LogP contribution in [0.1, 0.15) is 12.5 Å². The molecule has 0 radical (unpaired) electrons. The first-order valence-corrected chi connectivity index (χ1v) is 7.32. The number of nitrogens with zero attached hydrogens (tertiary/aromatic N) is 2. The number of alkyl halides is 3. The van der Waals surface area contributed by atoms with Crippen LogP contribution in [0.3, 0.4) is 0 Å². The number of H-pyrrole nitrogens is 1. The Bertz CT molecular complexity index is 752. The van der Waals surface area contributed by atoms with E-state index in [2.05, 4.69) is 15.4 Å². The van der Waals surface area contributed by atoms with E-state index in [1.807, 2.05) is 0 Å². The standard InChI is InChI=1S/C13H13F3N4O2S/c1-7(23-12-18-11(22)19-20(12)2)10(21)17-9-5-3-8(4-6-9)13(14,15)16/h3-7H,1-2H3,(H,17,21)(H,19,22)/t7-/m1/s1. The molecule has 2 rings (SSSR count). The molecule has 1 atom stereocenters. The molecule has 0 unspecified atom stereocenters. The van der Waals surface area contributed by atoms with Crippen molar-refractivity contribution in [2.24, 2.45) is 7.05 Å². The maximum Gasteiger partial charge on any atom is 0.416 e. The summed E-state index contributed by atoms with van der Waals surface area (Å²) in [5.74, 6) is -0.412. The Labute approximate surface area is 133 Å². The largest absolute Gasteiger partial charge is 0.416 e. The molecular formula is C13H13F3N4O2S. The number of anilines is 1. The van der Waals surface area contributed by atoms with Gasteiger partial charge in [0.15, 0.2) is 5.16 Å². The molecule has 10 heteroatoms. The number of hydrogen-bond acceptors (Lipinski definition) is 4. The van der Waals surface area contributed by atoms with Gasteiger partial charge >= 0.3 is 11.9 Å². The summed E-state index contributed by atoms with van der Waals surface area (Å²) in [7, 11) is 1.58. The molecule has 0 fully saturated rings. The topological polar surface area (TPSA) is 79.8 Å². The second-order valence-corrected chi connectivity index (χ2v) is 6.00. The van der Waals surface area contributed by atoms with E-state index >= 15 is 0 Å². The molecule has 1 aromatic heterocycles. The molecule has 1 aromatic carbocycles. The van der Waals surface area contributed by atoms with Crippen molar-refractivity contribution >= 4 is 23.4 Å². The number of nitrogens with one attached hydrogen (secondary N) is 2. The highest BCUT2D eigenvalue weighted by Crippen LogP contribution is 2.30. The van der Waals surface area contributed by atoms with Crippen LogP contribution in [-0.2, 0) is 18.0 Å². The van der Waals surface area contributed by atoms with E-state index in [4.69, 9.17) is 0 Å². The molecule has 23 heavy (non-hydrogen) atoms. The lowest BCUT2D eigenvalue weighted by molar-refractivity contribution is -0.137. The third-order valence-corrected chi connectivity index (χ3v) is 4.02. The third-order valence-electron chi connectivity index (χ3n) is 2.88. The summed E-state index contributed by atoms with van der Waals surface area (Å²) in [5.41, 5.74) is -1.05. The number of rotatable bonds is 4. The predicted octanol–water partition coefficient (Wildman–Crippen LogP) is 2.25. The quantitative estimate of drug-likeness (QED) is 0.832. The lowest BCUT2D eigenvalue weighted by Gasteiger charge is -2.12. The summed E-state index contributed by atoms with van der Waals surface area (Å²) in [4.78, 5) is 26.8. The lowest BCUT2D eigenvalue weighted by atomic mass is 10.2. The maximum atomic E-state index is 12.5. The van der Waals surface area contributed by atoms with Gasteiger partial charge in [-0.2, -0.15) is 18.2 Å². The Kier molecular flexibility index (Phi) is 4.83. The zero-order chi connectivity index (χ0) is 17.2. The van der Waals surface area contributed by atoms with Crippen LogP contribution in [0.15, 0.2) is 34.2 Å². The van der Waals surface area contributed by atoms with Crippen molar-refractivity contribution in [2.75, 3.05) is 5.32 Å². The van der Waals surface area contributed by atoms with Crippen LogP contribution in [0.2, 0.25) is 0 Å². The van der Waals surface area contributed by atoms with E-state index < -0.39 is 28.6 Å². The molecule has 2 aromatic rings. The number of aromatic nitrogens is 3. The number of halogens is 3. The van der Waals surface area contributed by atoms with E-state index in [0.717, 1.165) is 23.9 Å². The van der Waals surface area contributed by atoms with Crippen molar-refractivity contribution in [1.82, 2.24) is 14.8 Å². The van der Waals surface area contributed by atoms with Gasteiger partial charge in [-0.15, -0.1) is 0 Å². The lowest BCUT2D eigenvalue weighted by Crippen LogP contribution is -2.23. The number of benzene rings is 1. The van der Waals surface area contributed by atoms with Gasteiger partial charge in [0.1, 0.15) is 0 Å². The van der Waals surface area contributed by atoms with Gasteiger partial charge in [-0.25, -0.2) is 9.89 Å². The second kappa shape index (κ2) is 6.49. The number of aryl methyl sites for hydroxylation is 1. The van der Waals surface area contributed by atoms with E-state index in [9.17, 15) is 22.8 Å². The molecule has 0 aliphatic carbocycles. The van der Waals surface area contributed by atoms with Crippen molar-refractivity contribution in [1.29, 1.82) is 0 Å². The van der Waals surface area contributed by atoms with Crippen LogP contribution < -0.4 is 11.0 Å². The van der Waals surface area contributed by atoms with Crippen LogP contribution >= 0.6 is 11.8 Å². The summed E-state index contributed by atoms with van der Waals surface area (Å²) in [5, 5.41) is 4.67. The second-order valence-electron chi connectivity index (χ2n) is 4.69. The zero-order valence-electron chi connectivity index (χ0n) is 12.1. The van der Waals surface area contributed by atoms with Gasteiger partial charge in [-0.3, -0.25) is 9.48 Å². The van der Waals surface area contributed by atoms with Crippen LogP contribution in [-0.4, -0.2) is 25.9 Å². The van der Waals surface area contributed by atoms with Crippen molar-refractivity contribution in [3.05, 3.63) is 40.3 Å². The smallest absolute Gasteiger partial charge is 0.325 e. The van der Waals surface area contributed by atoms with Crippen LogP contribution in [0.4, 0.5) is 18.9 Å². The first-order chi connectivity index (χ1) is 10.7. The highest BCUT2D eigenvalue weighted by atomic mass is 32.2. The Morgan fingerprint density at radius 2 is 1.96 bits per heavy atom. The number of carbonyl (C=O) groups excluding carboxylic acids is 1. The minimum absolute atomic E-state index is 0.256. The summed E-state index contributed by atoms with van der Waals surface area (Å²) in [6, 6.07) is 4.15. The van der Waals surface area contributed by atoms with Gasteiger partial charge < -0.3 is 5.32 Å². The maximum absolute atomic E-state index is 12.5. The molecule has 0 saturated heterocycles. The summed E-state index contributed by atoms with van der Waals surface area (Å²) < 4.78 is 38.8. The van der Waals surface area contributed by atoms with E-state index in [1.54, 1.807) is 14.0 Å². The van der Waals surface area contributed by atoms with E-state index in [-0.39, 0.29) is 5.69 Å². The fourth-order valence-electron chi connectivity index (χ4n) is 1.68. The van der Waals surface area contributed by atoms with Crippen LogP contribution in [0.5, 0.6) is 0 Å². The van der Waals surface area contributed by atoms with E-state index in [0.29, 0.717) is 5.16 Å². The number of aromatic amines is 1. The Morgan fingerprint density at radius 1 is 1.35 bits per heavy atom. The van der Waals surface area contributed by atoms with Crippen molar-refractivity contribution in [2.45, 2.75) is 23.5 Å². The molecule has 2 N–H and O–H groups in total. The van der Waals surface area contributed by atoms with Crippen molar-refractivity contribution in [3.8, 4) is 0 Å². The molecule has 0 saturated carbocycles. The minimum Gasteiger partial charge on any atom is -0.325 e. The Hall–Kier alpha value is -2.23. The SMILES string of the molecule is C[C@@H](Sc1nc(=O)[nH]n1C)C(=O)Nc1ccc(C(F)(F)F)cc1. The fraction of sp³-hybridized carbons (Fsp3) is 0.308. The van der Waals surface area contributed by atoms with Crippen LogP contribution in [0.25, 0.3) is 0 Å². The zero-order valence-corrected chi connectivity index (χ0v) is 13.0. The highest BCUT2D eigenvalue weighted by molar-refractivity contribution is 8.00. The monoisotopic (exact) mass is 346 g/mol. The minimum atomic E-state index is -4.42. The van der Waals surface area contributed by atoms with Crippen molar-refractivity contribution in [3.63, 3.8) is 0 Å². The molecular weight excluding hydrogens is 333 g/mol. The Morgan fingerprint density at radius 3 is 2.43 bits per heavy atom. The summed E-state index contributed by atoms with van der Waals surface area (Å²) in [6.07, 6.45) is -4.42. The molecule has 1 amide bonds. The number of hydrogen-bond donors (Lipinski definition) is 2. The molecule has 0 bridgehead atoms. The average molecular weight is 346 g/mol. The van der Waals surface area contributed by atoms with Crippen molar-refractivity contribution < 1.29 is 18.0 Å². The molecule has 124 valence electrons. The molecule has 0 spiro atoms. The van der Waals surface area contributed by atoms with Gasteiger partial charge in [-0.05, 0) is 31.2 Å². The van der Waals surface area contributed by atoms with Gasteiger partial charge in [0.2, 0.25) is 5.91 Å². The first-order valence-electron chi connectivity index (χ1n) is 6.44. The normalized spacial score (nSPS) is 12.9. The highest BCUT2D eigenvalue weighted by Gasteiger charge is 2.30. The molecule has 6 nitrogen and oxygen atoms in total. The summed E-state index contributed by atoms with van der Waals surface area (Å²) >= 11 is 1.05. The number of carbonyl (C=O) groups is 1.